The Bertz CT molecular complexity index is 952. The number of rotatable bonds is 11. The molecule has 168 valence electrons. The Morgan fingerprint density at radius 3 is 1.81 bits per heavy atom. The lowest BCUT2D eigenvalue weighted by Gasteiger charge is -2.34. The summed E-state index contributed by atoms with van der Waals surface area (Å²) in [5, 5.41) is 20.4. The molecule has 6 heteroatoms. The van der Waals surface area contributed by atoms with E-state index in [4.69, 9.17) is 9.47 Å². The van der Waals surface area contributed by atoms with Crippen LogP contribution in [0.15, 0.2) is 78.9 Å². The summed E-state index contributed by atoms with van der Waals surface area (Å²) >= 11 is 0. The number of nitrogens with zero attached hydrogens (tertiary/aromatic N) is 1. The molecule has 6 nitrogen and oxygen atoms in total. The quantitative estimate of drug-likeness (QED) is 0.477. The first-order valence-corrected chi connectivity index (χ1v) is 10.5. The average molecular weight is 436 g/mol. The number of carboxylic acids is 1. The highest BCUT2D eigenvalue weighted by Crippen LogP contribution is 2.29. The minimum atomic E-state index is -1.56. The molecule has 0 spiro atoms. The standard InChI is InChI=1S/C26H29NO5/c1-31-23-14-13-21(16-24(23)32-2)15-22(25(28)26(29)30)27(17-19-9-5-3-6-10-19)18-20-11-7-4-8-12-20/h3-14,16,22,25,28H,15,17-18H2,1-2H3,(H,29,30). The van der Waals surface area contributed by atoms with Gasteiger partial charge in [0.1, 0.15) is 0 Å². The Labute approximate surface area is 188 Å². The van der Waals surface area contributed by atoms with Crippen molar-refractivity contribution in [2.45, 2.75) is 31.7 Å². The summed E-state index contributed by atoms with van der Waals surface area (Å²) in [4.78, 5) is 13.9. The Morgan fingerprint density at radius 1 is 0.812 bits per heavy atom. The molecular weight excluding hydrogens is 406 g/mol. The summed E-state index contributed by atoms with van der Waals surface area (Å²) < 4.78 is 10.7. The molecule has 3 aromatic carbocycles. The van der Waals surface area contributed by atoms with Gasteiger partial charge in [0.15, 0.2) is 17.6 Å². The first-order valence-electron chi connectivity index (χ1n) is 10.5. The Morgan fingerprint density at radius 2 is 1.34 bits per heavy atom. The topological polar surface area (TPSA) is 79.2 Å². The molecule has 0 heterocycles. The van der Waals surface area contributed by atoms with Crippen molar-refractivity contribution in [3.8, 4) is 11.5 Å². The van der Waals surface area contributed by atoms with E-state index in [1.54, 1.807) is 20.3 Å². The maximum absolute atomic E-state index is 11.8. The highest BCUT2D eigenvalue weighted by molar-refractivity contribution is 5.73. The molecule has 0 radical (unpaired) electrons. The molecule has 3 rings (SSSR count). The first kappa shape index (κ1) is 23.3. The number of aliphatic hydroxyl groups excluding tert-OH is 1. The molecular formula is C26H29NO5. The summed E-state index contributed by atoms with van der Waals surface area (Å²) in [6, 6.07) is 24.5. The largest absolute Gasteiger partial charge is 0.493 e. The lowest BCUT2D eigenvalue weighted by Crippen LogP contribution is -2.47. The predicted octanol–water partition coefficient (Wildman–Crippen LogP) is 3.76. The third-order valence-corrected chi connectivity index (χ3v) is 5.44. The zero-order chi connectivity index (χ0) is 22.9. The van der Waals surface area contributed by atoms with Gasteiger partial charge in [0.25, 0.3) is 0 Å². The van der Waals surface area contributed by atoms with Gasteiger partial charge in [0.05, 0.1) is 20.3 Å². The maximum atomic E-state index is 11.8. The highest BCUT2D eigenvalue weighted by atomic mass is 16.5. The first-order chi connectivity index (χ1) is 15.5. The van der Waals surface area contributed by atoms with Gasteiger partial charge in [-0.25, -0.2) is 4.79 Å². The van der Waals surface area contributed by atoms with Crippen molar-refractivity contribution < 1.29 is 24.5 Å². The van der Waals surface area contributed by atoms with Crippen molar-refractivity contribution in [2.75, 3.05) is 14.2 Å². The minimum absolute atomic E-state index is 0.327. The second-order valence-electron chi connectivity index (χ2n) is 7.62. The zero-order valence-electron chi connectivity index (χ0n) is 18.3. The molecule has 0 aliphatic rings. The number of hydrogen-bond donors (Lipinski definition) is 2. The number of benzene rings is 3. The van der Waals surface area contributed by atoms with Crippen molar-refractivity contribution in [3.05, 3.63) is 95.6 Å². The molecule has 0 aliphatic heterocycles. The number of ether oxygens (including phenoxy) is 2. The third kappa shape index (κ3) is 6.09. The third-order valence-electron chi connectivity index (χ3n) is 5.44. The maximum Gasteiger partial charge on any atom is 0.334 e. The van der Waals surface area contributed by atoms with Crippen LogP contribution in [0.5, 0.6) is 11.5 Å². The Kier molecular flexibility index (Phi) is 8.25. The van der Waals surface area contributed by atoms with Crippen LogP contribution in [0, 0.1) is 0 Å². The van der Waals surface area contributed by atoms with E-state index in [9.17, 15) is 15.0 Å². The van der Waals surface area contributed by atoms with Crippen molar-refractivity contribution in [2.24, 2.45) is 0 Å². The van der Waals surface area contributed by atoms with E-state index in [0.29, 0.717) is 31.0 Å². The molecule has 0 saturated carbocycles. The average Bonchev–Trinajstić information content (AvgIpc) is 2.82. The smallest absolute Gasteiger partial charge is 0.334 e. The minimum Gasteiger partial charge on any atom is -0.493 e. The molecule has 32 heavy (non-hydrogen) atoms. The van der Waals surface area contributed by atoms with Crippen LogP contribution in [0.4, 0.5) is 0 Å². The van der Waals surface area contributed by atoms with Crippen LogP contribution in [0.2, 0.25) is 0 Å². The molecule has 0 aromatic heterocycles. The second kappa shape index (κ2) is 11.3. The van der Waals surface area contributed by atoms with Gasteiger partial charge in [-0.15, -0.1) is 0 Å². The molecule has 3 aromatic rings. The van der Waals surface area contributed by atoms with Crippen LogP contribution >= 0.6 is 0 Å². The monoisotopic (exact) mass is 435 g/mol. The van der Waals surface area contributed by atoms with Gasteiger partial charge in [0, 0.05) is 13.1 Å². The van der Waals surface area contributed by atoms with Gasteiger partial charge in [-0.1, -0.05) is 66.7 Å². The van der Waals surface area contributed by atoms with Gasteiger partial charge in [0.2, 0.25) is 0 Å². The van der Waals surface area contributed by atoms with Crippen LogP contribution in [-0.2, 0) is 24.3 Å². The van der Waals surface area contributed by atoms with Crippen LogP contribution in [0.25, 0.3) is 0 Å². The fraction of sp³-hybridized carbons (Fsp3) is 0.269. The van der Waals surface area contributed by atoms with E-state index >= 15 is 0 Å². The van der Waals surface area contributed by atoms with E-state index in [-0.39, 0.29) is 0 Å². The number of carbonyl (C=O) groups is 1. The molecule has 0 saturated heterocycles. The second-order valence-corrected chi connectivity index (χ2v) is 7.62. The van der Waals surface area contributed by atoms with Gasteiger partial charge in [-0.2, -0.15) is 0 Å². The fourth-order valence-corrected chi connectivity index (χ4v) is 3.78. The van der Waals surface area contributed by atoms with Crippen molar-refractivity contribution >= 4 is 5.97 Å². The molecule has 2 unspecified atom stereocenters. The van der Waals surface area contributed by atoms with E-state index in [1.807, 2.05) is 77.7 Å². The van der Waals surface area contributed by atoms with E-state index in [0.717, 1.165) is 16.7 Å². The Hall–Kier alpha value is -3.35. The van der Waals surface area contributed by atoms with Gasteiger partial charge in [-0.05, 0) is 35.2 Å². The van der Waals surface area contributed by atoms with Gasteiger partial charge >= 0.3 is 5.97 Å². The summed E-state index contributed by atoms with van der Waals surface area (Å²) in [7, 11) is 3.12. The molecule has 2 atom stereocenters. The molecule has 2 N–H and O–H groups in total. The van der Waals surface area contributed by atoms with Gasteiger partial charge in [-0.3, -0.25) is 4.90 Å². The summed E-state index contributed by atoms with van der Waals surface area (Å²) in [5.41, 5.74) is 2.93. The number of methoxy groups -OCH3 is 2. The van der Waals surface area contributed by atoms with Crippen LogP contribution in [-0.4, -0.2) is 47.4 Å². The highest BCUT2D eigenvalue weighted by Gasteiger charge is 2.32. The number of carboxylic acid groups (broad SMARTS) is 1. The van der Waals surface area contributed by atoms with Crippen molar-refractivity contribution in [1.29, 1.82) is 0 Å². The lowest BCUT2D eigenvalue weighted by atomic mass is 9.97. The molecule has 0 aliphatic carbocycles. The van der Waals surface area contributed by atoms with Crippen LogP contribution in [0.1, 0.15) is 16.7 Å². The van der Waals surface area contributed by atoms with E-state index in [2.05, 4.69) is 0 Å². The molecule has 0 fully saturated rings. The van der Waals surface area contributed by atoms with Crippen molar-refractivity contribution in [3.63, 3.8) is 0 Å². The normalized spacial score (nSPS) is 12.9. The number of aliphatic carboxylic acids is 1. The summed E-state index contributed by atoms with van der Waals surface area (Å²) in [6.45, 7) is 0.996. The van der Waals surface area contributed by atoms with Crippen molar-refractivity contribution in [1.82, 2.24) is 4.90 Å². The van der Waals surface area contributed by atoms with E-state index < -0.39 is 18.1 Å². The van der Waals surface area contributed by atoms with Crippen LogP contribution < -0.4 is 9.47 Å². The van der Waals surface area contributed by atoms with Gasteiger partial charge < -0.3 is 19.7 Å². The van der Waals surface area contributed by atoms with Crippen LogP contribution in [0.3, 0.4) is 0 Å². The molecule has 0 amide bonds. The number of aliphatic hydroxyl groups is 1. The molecule has 0 bridgehead atoms. The summed E-state index contributed by atoms with van der Waals surface area (Å²) in [5.74, 6) is -0.0927. The summed E-state index contributed by atoms with van der Waals surface area (Å²) in [6.07, 6.45) is -1.23. The van der Waals surface area contributed by atoms with E-state index in [1.165, 1.54) is 0 Å². The zero-order valence-corrected chi connectivity index (χ0v) is 18.3. The SMILES string of the molecule is COc1ccc(CC(C(O)C(=O)O)N(Cc2ccccc2)Cc2ccccc2)cc1OC. The number of hydrogen-bond acceptors (Lipinski definition) is 5. The Balaban J connectivity index is 1.96. The lowest BCUT2D eigenvalue weighted by molar-refractivity contribution is -0.151. The fourth-order valence-electron chi connectivity index (χ4n) is 3.78. The predicted molar refractivity (Wildman–Crippen MR) is 123 cm³/mol.